The van der Waals surface area contributed by atoms with E-state index in [2.05, 4.69) is 35.4 Å². The van der Waals surface area contributed by atoms with E-state index in [1.807, 2.05) is 0 Å². The molecule has 0 bridgehead atoms. The van der Waals surface area contributed by atoms with Crippen LogP contribution in [0, 0.1) is 5.82 Å². The largest absolute Gasteiger partial charge is 0.465 e. The molecule has 1 aliphatic rings. The third-order valence-electron chi connectivity index (χ3n) is 5.42. The standard InChI is InChI=1S/C24H20FN5O7/c1-36-22(34)11-7-12(23(35)37-2)9-15(8-11)26-20(32)16-10-17(31)28-19-18(16)21(33)30-24(29-19)27-14-5-3-13(25)4-6-14/h3-9,16H,10H2,1-2H3,(H,26,32)(H3,27,28,29,30,31,33)/t16-/m1/s1. The molecule has 4 N–H and O–H groups in total. The first kappa shape index (κ1) is 25.0. The Morgan fingerprint density at radius 1 is 0.973 bits per heavy atom. The minimum absolute atomic E-state index is 0.0292. The lowest BCUT2D eigenvalue weighted by Crippen LogP contribution is -2.36. The summed E-state index contributed by atoms with van der Waals surface area (Å²) in [4.78, 5) is 69.2. The van der Waals surface area contributed by atoms with Crippen LogP contribution in [0.5, 0.6) is 0 Å². The Balaban J connectivity index is 1.65. The smallest absolute Gasteiger partial charge is 0.337 e. The number of H-pyrrole nitrogens is 1. The highest BCUT2D eigenvalue weighted by atomic mass is 19.1. The predicted molar refractivity (Wildman–Crippen MR) is 128 cm³/mol. The highest BCUT2D eigenvalue weighted by Gasteiger charge is 2.35. The molecule has 37 heavy (non-hydrogen) atoms. The van der Waals surface area contributed by atoms with Crippen LogP contribution in [0.2, 0.25) is 0 Å². The van der Waals surface area contributed by atoms with Crippen molar-refractivity contribution in [2.45, 2.75) is 12.3 Å². The highest BCUT2D eigenvalue weighted by Crippen LogP contribution is 2.30. The molecule has 0 radical (unpaired) electrons. The lowest BCUT2D eigenvalue weighted by molar-refractivity contribution is -0.123. The zero-order valence-corrected chi connectivity index (χ0v) is 19.5. The minimum Gasteiger partial charge on any atom is -0.465 e. The Bertz CT molecular complexity index is 1440. The molecule has 2 amide bonds. The first-order valence-electron chi connectivity index (χ1n) is 10.8. The van der Waals surface area contributed by atoms with E-state index in [0.717, 1.165) is 14.2 Å². The van der Waals surface area contributed by atoms with E-state index in [0.29, 0.717) is 5.69 Å². The summed E-state index contributed by atoms with van der Waals surface area (Å²) in [5.74, 6) is -4.67. The number of amides is 2. The van der Waals surface area contributed by atoms with Crippen LogP contribution in [0.1, 0.15) is 38.6 Å². The average molecular weight is 509 g/mol. The van der Waals surface area contributed by atoms with Crippen LogP contribution in [-0.4, -0.2) is 47.9 Å². The van der Waals surface area contributed by atoms with Gasteiger partial charge in [0.2, 0.25) is 17.8 Å². The summed E-state index contributed by atoms with van der Waals surface area (Å²) in [7, 11) is 2.31. The topological polar surface area (TPSA) is 169 Å². The SMILES string of the molecule is COC(=O)c1cc(NC(=O)[C@@H]2CC(=O)Nc3nc(Nc4ccc(F)cc4)[nH]c(=O)c32)cc(C(=O)OC)c1. The number of aromatic nitrogens is 2. The van der Waals surface area contributed by atoms with E-state index in [1.54, 1.807) is 0 Å². The molecule has 13 heteroatoms. The van der Waals surface area contributed by atoms with Crippen molar-refractivity contribution in [3.63, 3.8) is 0 Å². The van der Waals surface area contributed by atoms with Crippen LogP contribution in [0.15, 0.2) is 47.3 Å². The van der Waals surface area contributed by atoms with Crippen LogP contribution in [-0.2, 0) is 19.1 Å². The van der Waals surface area contributed by atoms with E-state index in [1.165, 1.54) is 42.5 Å². The Hall–Kier alpha value is -5.07. The maximum absolute atomic E-state index is 13.2. The van der Waals surface area contributed by atoms with Gasteiger partial charge in [-0.3, -0.25) is 19.4 Å². The summed E-state index contributed by atoms with van der Waals surface area (Å²) in [6.07, 6.45) is -0.352. The number of nitrogens with one attached hydrogen (secondary N) is 4. The molecule has 0 unspecified atom stereocenters. The second-order valence-electron chi connectivity index (χ2n) is 7.89. The molecule has 3 aromatic rings. The zero-order valence-electron chi connectivity index (χ0n) is 19.5. The quantitative estimate of drug-likeness (QED) is 0.364. The van der Waals surface area contributed by atoms with Crippen molar-refractivity contribution >= 4 is 46.9 Å². The number of fused-ring (bicyclic) bond motifs is 1. The summed E-state index contributed by atoms with van der Waals surface area (Å²) in [6, 6.07) is 9.06. The Morgan fingerprint density at radius 2 is 1.59 bits per heavy atom. The molecule has 1 aromatic heterocycles. The number of ether oxygens (including phenoxy) is 2. The van der Waals surface area contributed by atoms with Gasteiger partial charge in [0.05, 0.1) is 36.8 Å². The van der Waals surface area contributed by atoms with Crippen molar-refractivity contribution < 1.29 is 33.0 Å². The van der Waals surface area contributed by atoms with E-state index in [-0.39, 0.29) is 40.6 Å². The molecule has 1 atom stereocenters. The van der Waals surface area contributed by atoms with Gasteiger partial charge in [-0.1, -0.05) is 0 Å². The summed E-state index contributed by atoms with van der Waals surface area (Å²) >= 11 is 0. The van der Waals surface area contributed by atoms with Gasteiger partial charge in [0.25, 0.3) is 5.56 Å². The fourth-order valence-corrected chi connectivity index (χ4v) is 3.72. The second-order valence-corrected chi connectivity index (χ2v) is 7.89. The van der Waals surface area contributed by atoms with Crippen LogP contribution < -0.4 is 21.5 Å². The van der Waals surface area contributed by atoms with E-state index < -0.39 is 41.0 Å². The number of carbonyl (C=O) groups excluding carboxylic acids is 4. The van der Waals surface area contributed by atoms with Gasteiger partial charge in [0.15, 0.2) is 0 Å². The lowest BCUT2D eigenvalue weighted by Gasteiger charge is -2.24. The molecular weight excluding hydrogens is 489 g/mol. The number of carbonyl (C=O) groups is 4. The summed E-state index contributed by atoms with van der Waals surface area (Å²) < 4.78 is 22.5. The molecule has 1 aliphatic heterocycles. The number of methoxy groups -OCH3 is 2. The molecule has 190 valence electrons. The molecular formula is C24H20FN5O7. The molecule has 0 aliphatic carbocycles. The number of aromatic amines is 1. The van der Waals surface area contributed by atoms with Crippen molar-refractivity contribution in [2.24, 2.45) is 0 Å². The molecule has 0 saturated carbocycles. The van der Waals surface area contributed by atoms with Crippen LogP contribution in [0.25, 0.3) is 0 Å². The van der Waals surface area contributed by atoms with Crippen LogP contribution in [0.3, 0.4) is 0 Å². The molecule has 2 aromatic carbocycles. The fraction of sp³-hybridized carbons (Fsp3) is 0.167. The van der Waals surface area contributed by atoms with Gasteiger partial charge in [0.1, 0.15) is 11.6 Å². The maximum atomic E-state index is 13.2. The second kappa shape index (κ2) is 10.3. The summed E-state index contributed by atoms with van der Waals surface area (Å²) in [5.41, 5.74) is -0.364. The number of halogens is 1. The average Bonchev–Trinajstić information content (AvgIpc) is 2.88. The van der Waals surface area contributed by atoms with Gasteiger partial charge >= 0.3 is 11.9 Å². The number of benzene rings is 2. The van der Waals surface area contributed by atoms with E-state index in [9.17, 15) is 28.4 Å². The Labute approximate surface area is 208 Å². The number of rotatable bonds is 6. The number of hydrogen-bond acceptors (Lipinski definition) is 9. The van der Waals surface area contributed by atoms with Crippen molar-refractivity contribution in [1.29, 1.82) is 0 Å². The number of hydrogen-bond donors (Lipinski definition) is 4. The van der Waals surface area contributed by atoms with Crippen molar-refractivity contribution in [2.75, 3.05) is 30.2 Å². The van der Waals surface area contributed by atoms with Crippen molar-refractivity contribution in [3.8, 4) is 0 Å². The summed E-state index contributed by atoms with van der Waals surface area (Å²) in [5, 5.41) is 7.80. The van der Waals surface area contributed by atoms with Gasteiger partial charge < -0.3 is 25.4 Å². The first-order chi connectivity index (χ1) is 17.7. The zero-order chi connectivity index (χ0) is 26.7. The molecule has 0 saturated heterocycles. The number of anilines is 4. The Kier molecular flexibility index (Phi) is 6.95. The van der Waals surface area contributed by atoms with E-state index in [4.69, 9.17) is 0 Å². The van der Waals surface area contributed by atoms with Crippen LogP contribution in [0.4, 0.5) is 27.5 Å². The van der Waals surface area contributed by atoms with E-state index >= 15 is 0 Å². The third-order valence-corrected chi connectivity index (χ3v) is 5.42. The van der Waals surface area contributed by atoms with Gasteiger partial charge in [-0.05, 0) is 42.5 Å². The van der Waals surface area contributed by atoms with Crippen LogP contribution >= 0.6 is 0 Å². The van der Waals surface area contributed by atoms with Gasteiger partial charge in [0, 0.05) is 17.8 Å². The predicted octanol–water partition coefficient (Wildman–Crippen LogP) is 2.29. The molecule has 0 spiro atoms. The fourth-order valence-electron chi connectivity index (χ4n) is 3.72. The molecule has 2 heterocycles. The minimum atomic E-state index is -1.23. The first-order valence-corrected chi connectivity index (χ1v) is 10.8. The molecule has 4 rings (SSSR count). The van der Waals surface area contributed by atoms with Crippen molar-refractivity contribution in [3.05, 3.63) is 75.3 Å². The summed E-state index contributed by atoms with van der Waals surface area (Å²) in [6.45, 7) is 0. The lowest BCUT2D eigenvalue weighted by atomic mass is 9.92. The maximum Gasteiger partial charge on any atom is 0.337 e. The normalized spacial score (nSPS) is 14.1. The molecule has 0 fully saturated rings. The highest BCUT2D eigenvalue weighted by molar-refractivity contribution is 6.05. The number of esters is 2. The molecule has 12 nitrogen and oxygen atoms in total. The van der Waals surface area contributed by atoms with Crippen molar-refractivity contribution in [1.82, 2.24) is 9.97 Å². The van der Waals surface area contributed by atoms with Gasteiger partial charge in [-0.2, -0.15) is 4.98 Å². The van der Waals surface area contributed by atoms with Gasteiger partial charge in [-0.15, -0.1) is 0 Å². The third kappa shape index (κ3) is 5.45. The van der Waals surface area contributed by atoms with Gasteiger partial charge in [-0.25, -0.2) is 14.0 Å². The number of nitrogens with zero attached hydrogens (tertiary/aromatic N) is 1. The Morgan fingerprint density at radius 3 is 2.19 bits per heavy atom. The monoisotopic (exact) mass is 509 g/mol.